The molecule has 0 saturated heterocycles. The van der Waals surface area contributed by atoms with Gasteiger partial charge >= 0.3 is 12.4 Å². The number of halogens is 6. The number of benzene rings is 1. The molecule has 0 saturated carbocycles. The van der Waals surface area contributed by atoms with Crippen molar-refractivity contribution >= 4 is 5.78 Å². The minimum Gasteiger partial charge on any atom is -0.492 e. The van der Waals surface area contributed by atoms with Crippen molar-refractivity contribution < 1.29 is 35.9 Å². The maximum absolute atomic E-state index is 12.9. The summed E-state index contributed by atoms with van der Waals surface area (Å²) in [5.41, 5.74) is -2.36. The molecule has 2 nitrogen and oxygen atoms in total. The van der Waals surface area contributed by atoms with Crippen LogP contribution in [0.3, 0.4) is 0 Å². The molecule has 0 spiro atoms. The largest absolute Gasteiger partial charge is 0.492 e. The average Bonchev–Trinajstić information content (AvgIpc) is 2.47. The Balaban J connectivity index is 2.25. The Labute approximate surface area is 133 Å². The SMILES string of the molecule is CC1C(=O)C=C(C(F)(F)F)C=C1OCc1ccccc1C(F)(F)F. The number of ether oxygens (including phenoxy) is 1. The second-order valence-electron chi connectivity index (χ2n) is 5.21. The third-order valence-corrected chi connectivity index (χ3v) is 3.49. The molecule has 1 aliphatic carbocycles. The summed E-state index contributed by atoms with van der Waals surface area (Å²) in [4.78, 5) is 11.6. The van der Waals surface area contributed by atoms with E-state index in [0.29, 0.717) is 12.2 Å². The van der Waals surface area contributed by atoms with E-state index in [1.807, 2.05) is 0 Å². The molecule has 0 bridgehead atoms. The van der Waals surface area contributed by atoms with Crippen LogP contribution < -0.4 is 0 Å². The number of carbonyl (C=O) groups is 1. The highest BCUT2D eigenvalue weighted by Gasteiger charge is 2.38. The second kappa shape index (κ2) is 6.33. The molecule has 0 N–H and O–H groups in total. The zero-order valence-electron chi connectivity index (χ0n) is 12.3. The Morgan fingerprint density at radius 3 is 2.21 bits per heavy atom. The number of hydrogen-bond acceptors (Lipinski definition) is 2. The Hall–Kier alpha value is -2.25. The van der Waals surface area contributed by atoms with E-state index >= 15 is 0 Å². The molecular formula is C16H12F6O2. The molecule has 0 aromatic heterocycles. The molecule has 0 fully saturated rings. The van der Waals surface area contributed by atoms with Gasteiger partial charge in [-0.15, -0.1) is 0 Å². The Bertz CT molecular complexity index is 697. The van der Waals surface area contributed by atoms with Gasteiger partial charge in [0.25, 0.3) is 0 Å². The third kappa shape index (κ3) is 3.98. The first-order chi connectivity index (χ1) is 11.0. The molecule has 0 aliphatic heterocycles. The van der Waals surface area contributed by atoms with Gasteiger partial charge < -0.3 is 4.74 Å². The monoisotopic (exact) mass is 350 g/mol. The summed E-state index contributed by atoms with van der Waals surface area (Å²) in [5.74, 6) is -2.12. The lowest BCUT2D eigenvalue weighted by atomic mass is 9.94. The number of alkyl halides is 6. The van der Waals surface area contributed by atoms with E-state index in [1.165, 1.54) is 25.1 Å². The van der Waals surface area contributed by atoms with Gasteiger partial charge in [-0.2, -0.15) is 26.3 Å². The third-order valence-electron chi connectivity index (χ3n) is 3.49. The summed E-state index contributed by atoms with van der Waals surface area (Å²) in [5, 5.41) is 0. The molecule has 8 heteroatoms. The minimum absolute atomic E-state index is 0.228. The highest BCUT2D eigenvalue weighted by molar-refractivity contribution is 5.95. The average molecular weight is 350 g/mol. The summed E-state index contributed by atoms with van der Waals surface area (Å²) in [7, 11) is 0. The minimum atomic E-state index is -4.74. The van der Waals surface area contributed by atoms with Gasteiger partial charge in [0.1, 0.15) is 12.4 Å². The van der Waals surface area contributed by atoms with Crippen LogP contribution in [0.15, 0.2) is 47.7 Å². The highest BCUT2D eigenvalue weighted by Crippen LogP contribution is 2.35. The van der Waals surface area contributed by atoms with Crippen molar-refractivity contribution in [2.45, 2.75) is 25.9 Å². The van der Waals surface area contributed by atoms with Crippen LogP contribution >= 0.6 is 0 Å². The maximum atomic E-state index is 12.9. The lowest BCUT2D eigenvalue weighted by Crippen LogP contribution is -2.23. The predicted molar refractivity (Wildman–Crippen MR) is 72.6 cm³/mol. The van der Waals surface area contributed by atoms with Crippen molar-refractivity contribution in [1.29, 1.82) is 0 Å². The van der Waals surface area contributed by atoms with Gasteiger partial charge in [0.15, 0.2) is 5.78 Å². The lowest BCUT2D eigenvalue weighted by molar-refractivity contribution is -0.138. The fourth-order valence-corrected chi connectivity index (χ4v) is 2.15. The highest BCUT2D eigenvalue weighted by atomic mass is 19.4. The van der Waals surface area contributed by atoms with Crippen molar-refractivity contribution in [2.75, 3.05) is 0 Å². The molecule has 0 amide bonds. The van der Waals surface area contributed by atoms with Crippen LogP contribution in [0.25, 0.3) is 0 Å². The van der Waals surface area contributed by atoms with Crippen molar-refractivity contribution in [3.05, 3.63) is 58.9 Å². The van der Waals surface area contributed by atoms with E-state index in [1.54, 1.807) is 0 Å². The molecule has 2 rings (SSSR count). The van der Waals surface area contributed by atoms with Crippen molar-refractivity contribution in [2.24, 2.45) is 5.92 Å². The van der Waals surface area contributed by atoms with E-state index in [9.17, 15) is 31.1 Å². The lowest BCUT2D eigenvalue weighted by Gasteiger charge is -2.22. The zero-order valence-corrected chi connectivity index (χ0v) is 12.3. The van der Waals surface area contributed by atoms with Gasteiger partial charge in [-0.25, -0.2) is 0 Å². The first-order valence-corrected chi connectivity index (χ1v) is 6.82. The summed E-state index contributed by atoms with van der Waals surface area (Å²) < 4.78 is 82.0. The van der Waals surface area contributed by atoms with Gasteiger partial charge in [-0.3, -0.25) is 4.79 Å². The molecule has 1 atom stereocenters. The summed E-state index contributed by atoms with van der Waals surface area (Å²) in [6, 6.07) is 4.57. The van der Waals surface area contributed by atoms with E-state index < -0.39 is 41.8 Å². The van der Waals surface area contributed by atoms with Crippen molar-refractivity contribution in [3.63, 3.8) is 0 Å². The Kier molecular flexibility index (Phi) is 4.77. The zero-order chi connectivity index (χ0) is 18.1. The molecule has 0 heterocycles. The number of hydrogen-bond donors (Lipinski definition) is 0. The van der Waals surface area contributed by atoms with Crippen LogP contribution in [-0.2, 0) is 22.3 Å². The van der Waals surface area contributed by atoms with Crippen LogP contribution in [0.4, 0.5) is 26.3 Å². The fraction of sp³-hybridized carbons (Fsp3) is 0.312. The van der Waals surface area contributed by atoms with E-state index in [4.69, 9.17) is 4.74 Å². The van der Waals surface area contributed by atoms with Crippen LogP contribution in [0.1, 0.15) is 18.1 Å². The summed E-state index contributed by atoms with van der Waals surface area (Å²) >= 11 is 0. The number of carbonyl (C=O) groups excluding carboxylic acids is 1. The molecule has 1 aliphatic rings. The quantitative estimate of drug-likeness (QED) is 0.731. The topological polar surface area (TPSA) is 26.3 Å². The maximum Gasteiger partial charge on any atom is 0.416 e. The standard InChI is InChI=1S/C16H12F6O2/c1-9-13(23)6-11(15(17,18)19)7-14(9)24-8-10-4-2-3-5-12(10)16(20,21)22/h2-7,9H,8H2,1H3. The summed E-state index contributed by atoms with van der Waals surface area (Å²) in [6.07, 6.45) is -8.25. The molecule has 1 unspecified atom stereocenters. The first-order valence-electron chi connectivity index (χ1n) is 6.82. The molecule has 130 valence electrons. The first kappa shape index (κ1) is 18.1. The van der Waals surface area contributed by atoms with Crippen LogP contribution in [0.2, 0.25) is 0 Å². The fourth-order valence-electron chi connectivity index (χ4n) is 2.15. The number of allylic oxidation sites excluding steroid dienone is 4. The Morgan fingerprint density at radius 1 is 1.00 bits per heavy atom. The van der Waals surface area contributed by atoms with Crippen LogP contribution in [-0.4, -0.2) is 12.0 Å². The van der Waals surface area contributed by atoms with Gasteiger partial charge in [-0.05, 0) is 25.1 Å². The van der Waals surface area contributed by atoms with E-state index in [0.717, 1.165) is 6.07 Å². The van der Waals surface area contributed by atoms with Crippen LogP contribution in [0.5, 0.6) is 0 Å². The second-order valence-corrected chi connectivity index (χ2v) is 5.21. The van der Waals surface area contributed by atoms with Crippen LogP contribution in [0, 0.1) is 5.92 Å². The number of rotatable bonds is 3. The molecule has 0 radical (unpaired) electrons. The van der Waals surface area contributed by atoms with Gasteiger partial charge in [0.05, 0.1) is 17.1 Å². The molecule has 1 aromatic carbocycles. The van der Waals surface area contributed by atoms with Gasteiger partial charge in [-0.1, -0.05) is 18.2 Å². The van der Waals surface area contributed by atoms with Crippen molar-refractivity contribution in [3.8, 4) is 0 Å². The van der Waals surface area contributed by atoms with Gasteiger partial charge in [0.2, 0.25) is 0 Å². The smallest absolute Gasteiger partial charge is 0.416 e. The normalized spacial score (nSPS) is 19.0. The summed E-state index contributed by atoms with van der Waals surface area (Å²) in [6.45, 7) is 0.734. The predicted octanol–water partition coefficient (Wildman–Crippen LogP) is 4.81. The van der Waals surface area contributed by atoms with E-state index in [-0.39, 0.29) is 11.3 Å². The number of ketones is 1. The molecular weight excluding hydrogens is 338 g/mol. The van der Waals surface area contributed by atoms with Gasteiger partial charge in [0, 0.05) is 5.56 Å². The Morgan fingerprint density at radius 2 is 1.62 bits per heavy atom. The van der Waals surface area contributed by atoms with E-state index in [2.05, 4.69) is 0 Å². The van der Waals surface area contributed by atoms with Crippen molar-refractivity contribution in [1.82, 2.24) is 0 Å². The molecule has 1 aromatic rings. The molecule has 24 heavy (non-hydrogen) atoms.